The van der Waals surface area contributed by atoms with E-state index in [-0.39, 0.29) is 0 Å². The van der Waals surface area contributed by atoms with E-state index in [0.29, 0.717) is 12.1 Å². The van der Waals surface area contributed by atoms with Crippen molar-refractivity contribution in [3.63, 3.8) is 0 Å². The van der Waals surface area contributed by atoms with Crippen LogP contribution in [-0.2, 0) is 6.54 Å². The molecule has 0 saturated carbocycles. The van der Waals surface area contributed by atoms with Gasteiger partial charge in [-0.2, -0.15) is 0 Å². The van der Waals surface area contributed by atoms with E-state index in [1.807, 2.05) is 0 Å². The number of nitrogens with one attached hydrogen (secondary N) is 1. The van der Waals surface area contributed by atoms with Gasteiger partial charge in [0.05, 0.1) is 0 Å². The summed E-state index contributed by atoms with van der Waals surface area (Å²) in [6.07, 6.45) is 3.40. The number of unbranched alkanes of at least 4 members (excludes halogenated alkanes) is 2. The van der Waals surface area contributed by atoms with Crippen LogP contribution in [-0.4, -0.2) is 6.54 Å². The predicted molar refractivity (Wildman–Crippen MR) is 57.6 cm³/mol. The van der Waals surface area contributed by atoms with Crippen molar-refractivity contribution in [1.82, 2.24) is 5.32 Å². The Bertz CT molecular complexity index is 300. The lowest BCUT2D eigenvalue weighted by molar-refractivity contribution is 0.491. The van der Waals surface area contributed by atoms with E-state index in [1.54, 1.807) is 6.07 Å². The molecule has 0 spiro atoms. The quantitative estimate of drug-likeness (QED) is 0.715. The van der Waals surface area contributed by atoms with Crippen molar-refractivity contribution in [3.8, 4) is 0 Å². The lowest BCUT2D eigenvalue weighted by atomic mass is 10.2. The molecule has 0 bridgehead atoms. The normalized spacial score (nSPS) is 10.6. The molecule has 15 heavy (non-hydrogen) atoms. The monoisotopic (exact) mass is 213 g/mol. The third-order valence-electron chi connectivity index (χ3n) is 2.30. The minimum absolute atomic E-state index is 0.395. The van der Waals surface area contributed by atoms with Gasteiger partial charge in [-0.05, 0) is 19.0 Å². The molecule has 0 heterocycles. The van der Waals surface area contributed by atoms with Gasteiger partial charge in [0.1, 0.15) is 0 Å². The molecule has 3 heteroatoms. The maximum atomic E-state index is 13.2. The first-order valence-electron chi connectivity index (χ1n) is 5.39. The zero-order valence-electron chi connectivity index (χ0n) is 9.02. The van der Waals surface area contributed by atoms with Crippen molar-refractivity contribution in [2.75, 3.05) is 6.54 Å². The zero-order chi connectivity index (χ0) is 11.1. The molecule has 84 valence electrons. The Kier molecular flexibility index (Phi) is 5.26. The van der Waals surface area contributed by atoms with Gasteiger partial charge in [0.15, 0.2) is 11.6 Å². The van der Waals surface area contributed by atoms with Crippen LogP contribution in [0.4, 0.5) is 8.78 Å². The molecule has 0 unspecified atom stereocenters. The van der Waals surface area contributed by atoms with Crippen LogP contribution >= 0.6 is 0 Å². The molecular formula is C12H17F2N. The molecule has 0 amide bonds. The fourth-order valence-corrected chi connectivity index (χ4v) is 1.41. The lowest BCUT2D eigenvalue weighted by Crippen LogP contribution is -2.15. The van der Waals surface area contributed by atoms with Gasteiger partial charge < -0.3 is 5.32 Å². The molecule has 0 aliphatic heterocycles. The first-order chi connectivity index (χ1) is 7.25. The molecule has 1 N–H and O–H groups in total. The SMILES string of the molecule is CCCCCNCc1cccc(F)c1F. The molecule has 1 aromatic rings. The van der Waals surface area contributed by atoms with Crippen LogP contribution in [0.25, 0.3) is 0 Å². The highest BCUT2D eigenvalue weighted by Gasteiger charge is 2.05. The molecule has 0 saturated heterocycles. The van der Waals surface area contributed by atoms with Gasteiger partial charge in [0.2, 0.25) is 0 Å². The first-order valence-corrected chi connectivity index (χ1v) is 5.39. The maximum Gasteiger partial charge on any atom is 0.163 e. The van der Waals surface area contributed by atoms with Gasteiger partial charge in [-0.3, -0.25) is 0 Å². The highest BCUT2D eigenvalue weighted by Crippen LogP contribution is 2.10. The van der Waals surface area contributed by atoms with E-state index in [9.17, 15) is 8.78 Å². The van der Waals surface area contributed by atoms with Gasteiger partial charge in [-0.1, -0.05) is 31.9 Å². The summed E-state index contributed by atoms with van der Waals surface area (Å²) >= 11 is 0. The molecule has 0 atom stereocenters. The average Bonchev–Trinajstić information content (AvgIpc) is 2.24. The molecule has 1 aromatic carbocycles. The Morgan fingerprint density at radius 2 is 2.00 bits per heavy atom. The number of benzene rings is 1. The Hall–Kier alpha value is -0.960. The highest BCUT2D eigenvalue weighted by atomic mass is 19.2. The van der Waals surface area contributed by atoms with Gasteiger partial charge in [0, 0.05) is 12.1 Å². The van der Waals surface area contributed by atoms with Crippen molar-refractivity contribution >= 4 is 0 Å². The van der Waals surface area contributed by atoms with Gasteiger partial charge in [-0.15, -0.1) is 0 Å². The second-order valence-electron chi connectivity index (χ2n) is 3.60. The van der Waals surface area contributed by atoms with Crippen molar-refractivity contribution in [2.45, 2.75) is 32.7 Å². The topological polar surface area (TPSA) is 12.0 Å². The molecule has 0 fully saturated rings. The van der Waals surface area contributed by atoms with E-state index >= 15 is 0 Å². The van der Waals surface area contributed by atoms with E-state index in [1.165, 1.54) is 12.5 Å². The van der Waals surface area contributed by atoms with Crippen LogP contribution in [0.15, 0.2) is 18.2 Å². The van der Waals surface area contributed by atoms with Crippen LogP contribution < -0.4 is 5.32 Å². The molecule has 0 aliphatic rings. The number of rotatable bonds is 6. The summed E-state index contributed by atoms with van der Waals surface area (Å²) in [6.45, 7) is 3.38. The maximum absolute atomic E-state index is 13.2. The van der Waals surface area contributed by atoms with Gasteiger partial charge in [-0.25, -0.2) is 8.78 Å². The fraction of sp³-hybridized carbons (Fsp3) is 0.500. The van der Waals surface area contributed by atoms with Gasteiger partial charge >= 0.3 is 0 Å². The summed E-state index contributed by atoms with van der Waals surface area (Å²) in [5, 5.41) is 3.10. The molecule has 0 aromatic heterocycles. The van der Waals surface area contributed by atoms with Crippen molar-refractivity contribution < 1.29 is 8.78 Å². The van der Waals surface area contributed by atoms with Crippen molar-refractivity contribution in [1.29, 1.82) is 0 Å². The largest absolute Gasteiger partial charge is 0.313 e. The molecule has 1 nitrogen and oxygen atoms in total. The van der Waals surface area contributed by atoms with Gasteiger partial charge in [0.25, 0.3) is 0 Å². The fourth-order valence-electron chi connectivity index (χ4n) is 1.41. The smallest absolute Gasteiger partial charge is 0.163 e. The average molecular weight is 213 g/mol. The van der Waals surface area contributed by atoms with E-state index in [4.69, 9.17) is 0 Å². The van der Waals surface area contributed by atoms with Crippen molar-refractivity contribution in [2.24, 2.45) is 0 Å². The second-order valence-corrected chi connectivity index (χ2v) is 3.60. The Morgan fingerprint density at radius 3 is 2.73 bits per heavy atom. The lowest BCUT2D eigenvalue weighted by Gasteiger charge is -2.05. The highest BCUT2D eigenvalue weighted by molar-refractivity contribution is 5.18. The Morgan fingerprint density at radius 1 is 1.20 bits per heavy atom. The number of halogens is 2. The van der Waals surface area contributed by atoms with Crippen LogP contribution in [0, 0.1) is 11.6 Å². The standard InChI is InChI=1S/C12H17F2N/c1-2-3-4-8-15-9-10-6-5-7-11(13)12(10)14/h5-7,15H,2-4,8-9H2,1H3. The molecular weight excluding hydrogens is 196 g/mol. The second kappa shape index (κ2) is 6.51. The summed E-state index contributed by atoms with van der Waals surface area (Å²) in [4.78, 5) is 0. The Balaban J connectivity index is 2.34. The van der Waals surface area contributed by atoms with E-state index in [0.717, 1.165) is 25.5 Å². The summed E-state index contributed by atoms with van der Waals surface area (Å²) in [5.74, 6) is -1.51. The summed E-state index contributed by atoms with van der Waals surface area (Å²) in [5.41, 5.74) is 0.395. The Labute approximate surface area is 89.5 Å². The molecule has 1 rings (SSSR count). The van der Waals surface area contributed by atoms with E-state index < -0.39 is 11.6 Å². The summed E-state index contributed by atoms with van der Waals surface area (Å²) < 4.78 is 26.0. The zero-order valence-corrected chi connectivity index (χ0v) is 9.02. The van der Waals surface area contributed by atoms with Crippen LogP contribution in [0.2, 0.25) is 0 Å². The van der Waals surface area contributed by atoms with Crippen LogP contribution in [0.3, 0.4) is 0 Å². The minimum atomic E-state index is -0.775. The van der Waals surface area contributed by atoms with Crippen LogP contribution in [0.5, 0.6) is 0 Å². The number of hydrogen-bond donors (Lipinski definition) is 1. The van der Waals surface area contributed by atoms with E-state index in [2.05, 4.69) is 12.2 Å². The third-order valence-corrected chi connectivity index (χ3v) is 2.30. The summed E-state index contributed by atoms with van der Waals surface area (Å²) in [7, 11) is 0. The third kappa shape index (κ3) is 3.96. The van der Waals surface area contributed by atoms with Crippen LogP contribution in [0.1, 0.15) is 31.7 Å². The number of hydrogen-bond acceptors (Lipinski definition) is 1. The first kappa shape index (κ1) is 12.1. The molecule has 0 aliphatic carbocycles. The molecule has 0 radical (unpaired) electrons. The predicted octanol–water partition coefficient (Wildman–Crippen LogP) is 3.24. The van der Waals surface area contributed by atoms with Crippen molar-refractivity contribution in [3.05, 3.63) is 35.4 Å². The minimum Gasteiger partial charge on any atom is -0.313 e. The summed E-state index contributed by atoms with van der Waals surface area (Å²) in [6, 6.07) is 4.27.